The molecule has 8 nitrogen and oxygen atoms in total. The summed E-state index contributed by atoms with van der Waals surface area (Å²) in [4.78, 5) is 10.5. The molecule has 1 fully saturated rings. The Morgan fingerprint density at radius 3 is 2.45 bits per heavy atom. The van der Waals surface area contributed by atoms with E-state index in [9.17, 15) is 18.5 Å². The van der Waals surface area contributed by atoms with E-state index < -0.39 is 14.9 Å². The summed E-state index contributed by atoms with van der Waals surface area (Å²) >= 11 is 12.0. The summed E-state index contributed by atoms with van der Waals surface area (Å²) in [5.74, 6) is 0. The number of hydrogen-bond donors (Lipinski definition) is 1. The molecule has 0 aliphatic carbocycles. The molecule has 11 heteroatoms. The van der Waals surface area contributed by atoms with E-state index in [4.69, 9.17) is 23.2 Å². The molecule has 0 bridgehead atoms. The Morgan fingerprint density at radius 2 is 1.84 bits per heavy atom. The van der Waals surface area contributed by atoms with E-state index in [1.54, 1.807) is 18.2 Å². The van der Waals surface area contributed by atoms with E-state index in [-0.39, 0.29) is 28.4 Å². The van der Waals surface area contributed by atoms with Crippen LogP contribution in [0.25, 0.3) is 0 Å². The molecule has 0 radical (unpaired) electrons. The van der Waals surface area contributed by atoms with Crippen molar-refractivity contribution in [3.63, 3.8) is 0 Å². The van der Waals surface area contributed by atoms with E-state index in [0.29, 0.717) is 15.6 Å². The highest BCUT2D eigenvalue weighted by Crippen LogP contribution is 2.34. The standard InChI is InChI=1S/C20H22Cl2N4O4S/c1-13-4-3-5-14(2)25(13)31(29,30)20-11-17(26(27)28)8-9-19(20)24-23-12-15-6-7-16(21)10-18(15)22/h6-14,24H,3-5H2,1-2H3/b23-12-/t13-,14-/m1/s1. The lowest BCUT2D eigenvalue weighted by Gasteiger charge is -2.37. The second kappa shape index (κ2) is 9.52. The molecule has 166 valence electrons. The number of rotatable bonds is 6. The van der Waals surface area contributed by atoms with Gasteiger partial charge in [-0.2, -0.15) is 9.41 Å². The average Bonchev–Trinajstić information content (AvgIpc) is 2.69. The zero-order valence-corrected chi connectivity index (χ0v) is 19.3. The summed E-state index contributed by atoms with van der Waals surface area (Å²) < 4.78 is 28.4. The highest BCUT2D eigenvalue weighted by atomic mass is 35.5. The van der Waals surface area contributed by atoms with Crippen molar-refractivity contribution in [1.82, 2.24) is 4.31 Å². The number of sulfonamides is 1. The van der Waals surface area contributed by atoms with Crippen molar-refractivity contribution in [3.05, 3.63) is 62.1 Å². The molecule has 2 aromatic rings. The molecule has 2 aromatic carbocycles. The Morgan fingerprint density at radius 1 is 1.16 bits per heavy atom. The minimum Gasteiger partial charge on any atom is -0.277 e. The summed E-state index contributed by atoms with van der Waals surface area (Å²) in [5.41, 5.74) is 3.09. The number of nitro groups is 1. The van der Waals surface area contributed by atoms with Crippen molar-refractivity contribution in [2.24, 2.45) is 5.10 Å². The molecule has 1 heterocycles. The number of benzene rings is 2. The Kier molecular flexibility index (Phi) is 7.20. The zero-order chi connectivity index (χ0) is 22.8. The van der Waals surface area contributed by atoms with Crippen LogP contribution in [0.2, 0.25) is 10.0 Å². The number of halogens is 2. The van der Waals surface area contributed by atoms with E-state index in [1.807, 2.05) is 13.8 Å². The first-order valence-corrected chi connectivity index (χ1v) is 11.9. The molecule has 31 heavy (non-hydrogen) atoms. The monoisotopic (exact) mass is 484 g/mol. The second-order valence-corrected chi connectivity index (χ2v) is 10.1. The van der Waals surface area contributed by atoms with Crippen molar-refractivity contribution in [2.75, 3.05) is 5.43 Å². The van der Waals surface area contributed by atoms with E-state index >= 15 is 0 Å². The fourth-order valence-electron chi connectivity index (χ4n) is 3.69. The minimum atomic E-state index is -4.01. The van der Waals surface area contributed by atoms with Gasteiger partial charge >= 0.3 is 0 Å². The van der Waals surface area contributed by atoms with Crippen LogP contribution < -0.4 is 5.43 Å². The normalized spacial score (nSPS) is 20.1. The predicted octanol–water partition coefficient (Wildman–Crippen LogP) is 5.30. The maximum absolute atomic E-state index is 13.5. The van der Waals surface area contributed by atoms with Gasteiger partial charge in [-0.25, -0.2) is 8.42 Å². The molecule has 0 saturated carbocycles. The van der Waals surface area contributed by atoms with E-state index in [0.717, 1.165) is 25.3 Å². The molecule has 0 amide bonds. The van der Waals surface area contributed by atoms with Gasteiger partial charge in [0.2, 0.25) is 10.0 Å². The van der Waals surface area contributed by atoms with Crippen LogP contribution in [-0.2, 0) is 10.0 Å². The number of hydrazone groups is 1. The highest BCUT2D eigenvalue weighted by molar-refractivity contribution is 7.89. The number of nitrogens with zero attached hydrogens (tertiary/aromatic N) is 3. The number of nitrogens with one attached hydrogen (secondary N) is 1. The van der Waals surface area contributed by atoms with Gasteiger partial charge in [0.05, 0.1) is 21.8 Å². The predicted molar refractivity (Wildman–Crippen MR) is 123 cm³/mol. The average molecular weight is 485 g/mol. The second-order valence-electron chi connectivity index (χ2n) is 7.44. The summed E-state index contributed by atoms with van der Waals surface area (Å²) in [5, 5.41) is 16.2. The van der Waals surface area contributed by atoms with Crippen LogP contribution in [-0.4, -0.2) is 35.9 Å². The van der Waals surface area contributed by atoms with Gasteiger partial charge in [-0.1, -0.05) is 35.7 Å². The lowest BCUT2D eigenvalue weighted by molar-refractivity contribution is -0.385. The number of non-ortho nitro benzene ring substituents is 1. The number of nitro benzene ring substituents is 1. The first kappa shape index (κ1) is 23.5. The topological polar surface area (TPSA) is 105 Å². The molecule has 0 spiro atoms. The molecule has 1 saturated heterocycles. The third kappa shape index (κ3) is 5.17. The highest BCUT2D eigenvalue weighted by Gasteiger charge is 2.37. The van der Waals surface area contributed by atoms with Crippen LogP contribution in [0.1, 0.15) is 38.7 Å². The van der Waals surface area contributed by atoms with Gasteiger partial charge in [-0.3, -0.25) is 15.5 Å². The fourth-order valence-corrected chi connectivity index (χ4v) is 6.20. The summed E-state index contributed by atoms with van der Waals surface area (Å²) in [6, 6.07) is 8.09. The molecule has 3 rings (SSSR count). The molecular formula is C20H22Cl2N4O4S. The molecule has 1 aliphatic heterocycles. The third-order valence-corrected chi connectivity index (χ3v) is 7.93. The zero-order valence-electron chi connectivity index (χ0n) is 17.0. The number of anilines is 1. The van der Waals surface area contributed by atoms with Crippen LogP contribution in [0.3, 0.4) is 0 Å². The van der Waals surface area contributed by atoms with Crippen LogP contribution in [0.4, 0.5) is 11.4 Å². The fraction of sp³-hybridized carbons (Fsp3) is 0.350. The maximum atomic E-state index is 13.5. The van der Waals surface area contributed by atoms with Crippen molar-refractivity contribution in [2.45, 2.75) is 50.1 Å². The van der Waals surface area contributed by atoms with Crippen molar-refractivity contribution in [3.8, 4) is 0 Å². The van der Waals surface area contributed by atoms with Gasteiger partial charge in [0.25, 0.3) is 5.69 Å². The van der Waals surface area contributed by atoms with Crippen molar-refractivity contribution < 1.29 is 13.3 Å². The van der Waals surface area contributed by atoms with Crippen LogP contribution in [0.5, 0.6) is 0 Å². The molecule has 0 unspecified atom stereocenters. The Balaban J connectivity index is 1.99. The Hall–Kier alpha value is -2.20. The first-order valence-electron chi connectivity index (χ1n) is 9.67. The lowest BCUT2D eigenvalue weighted by atomic mass is 10.0. The van der Waals surface area contributed by atoms with Gasteiger partial charge in [-0.15, -0.1) is 0 Å². The summed E-state index contributed by atoms with van der Waals surface area (Å²) in [6.07, 6.45) is 3.81. The van der Waals surface area contributed by atoms with Gasteiger partial charge in [-0.05, 0) is 44.9 Å². The SMILES string of the molecule is C[C@@H]1CCC[C@@H](C)N1S(=O)(=O)c1cc([N+](=O)[O-])ccc1N/N=C\c1ccc(Cl)cc1Cl. The van der Waals surface area contributed by atoms with E-state index in [2.05, 4.69) is 10.5 Å². The quantitative estimate of drug-likeness (QED) is 0.340. The minimum absolute atomic E-state index is 0.136. The van der Waals surface area contributed by atoms with Crippen LogP contribution in [0, 0.1) is 10.1 Å². The van der Waals surface area contributed by atoms with Gasteiger partial charge in [0.1, 0.15) is 4.90 Å². The van der Waals surface area contributed by atoms with Gasteiger partial charge in [0, 0.05) is 34.8 Å². The molecule has 1 aliphatic rings. The largest absolute Gasteiger partial charge is 0.277 e. The molecule has 1 N–H and O–H groups in total. The first-order chi connectivity index (χ1) is 14.6. The van der Waals surface area contributed by atoms with Crippen LogP contribution >= 0.6 is 23.2 Å². The van der Waals surface area contributed by atoms with Crippen molar-refractivity contribution >= 4 is 50.8 Å². The molecule has 0 aromatic heterocycles. The van der Waals surface area contributed by atoms with Gasteiger partial charge < -0.3 is 0 Å². The summed E-state index contributed by atoms with van der Waals surface area (Å²) in [6.45, 7) is 3.69. The van der Waals surface area contributed by atoms with Gasteiger partial charge in [0.15, 0.2) is 0 Å². The van der Waals surface area contributed by atoms with Crippen LogP contribution in [0.15, 0.2) is 46.4 Å². The number of piperidine rings is 1. The Labute approximate surface area is 191 Å². The van der Waals surface area contributed by atoms with E-state index in [1.165, 1.54) is 22.7 Å². The maximum Gasteiger partial charge on any atom is 0.270 e. The smallest absolute Gasteiger partial charge is 0.270 e. The third-order valence-electron chi connectivity index (χ3n) is 5.20. The molecular weight excluding hydrogens is 463 g/mol. The lowest BCUT2D eigenvalue weighted by Crippen LogP contribution is -2.47. The Bertz CT molecular complexity index is 1110. The number of hydrogen-bond acceptors (Lipinski definition) is 6. The molecule has 2 atom stereocenters. The summed E-state index contributed by atoms with van der Waals surface area (Å²) in [7, 11) is -4.01. The van der Waals surface area contributed by atoms with Crippen molar-refractivity contribution in [1.29, 1.82) is 0 Å².